The summed E-state index contributed by atoms with van der Waals surface area (Å²) in [6.45, 7) is 3.71. The summed E-state index contributed by atoms with van der Waals surface area (Å²) in [7, 11) is 0. The number of hydrogen-bond donors (Lipinski definition) is 1. The molecule has 0 aromatic heterocycles. The molecule has 0 rings (SSSR count). The minimum absolute atomic E-state index is 0.167. The number of rotatable bonds is 3. The van der Waals surface area contributed by atoms with E-state index in [0.717, 1.165) is 12.8 Å². The number of hydrogen-bond acceptors (Lipinski definition) is 1. The number of carboxylic acids is 1. The van der Waals surface area contributed by atoms with Crippen LogP contribution in [-0.4, -0.2) is 11.1 Å². The summed E-state index contributed by atoms with van der Waals surface area (Å²) in [6.07, 6.45) is 1.74. The maximum Gasteiger partial charge on any atom is 0.306 e. The quantitative estimate of drug-likeness (QED) is 0.569. The largest absolute Gasteiger partial charge is 0.481 e. The Bertz CT molecular complexity index is 78.6. The van der Waals surface area contributed by atoms with Crippen molar-refractivity contribution in [3.8, 4) is 0 Å². The number of carbonyl (C=O) groups is 1. The molecule has 1 N–H and O–H groups in total. The van der Waals surface area contributed by atoms with Crippen molar-refractivity contribution < 1.29 is 9.90 Å². The Morgan fingerprint density at radius 2 is 2.25 bits per heavy atom. The SMILES string of the molecule is CC[13CH2][C@@H](C)C(=O)O. The minimum Gasteiger partial charge on any atom is -0.481 e. The van der Waals surface area contributed by atoms with Gasteiger partial charge in [0.15, 0.2) is 0 Å². The highest BCUT2D eigenvalue weighted by atomic mass is 16.4. The first-order valence-electron chi connectivity index (χ1n) is 2.91. The van der Waals surface area contributed by atoms with Crippen molar-refractivity contribution in [3.63, 3.8) is 0 Å². The maximum atomic E-state index is 10.1. The summed E-state index contributed by atoms with van der Waals surface area (Å²) >= 11 is 0. The molecule has 0 bridgehead atoms. The van der Waals surface area contributed by atoms with Crippen LogP contribution in [0.5, 0.6) is 0 Å². The van der Waals surface area contributed by atoms with Crippen LogP contribution in [-0.2, 0) is 4.79 Å². The Labute approximate surface area is 49.5 Å². The van der Waals surface area contributed by atoms with Crippen molar-refractivity contribution in [2.45, 2.75) is 26.7 Å². The zero-order valence-electron chi connectivity index (χ0n) is 5.35. The van der Waals surface area contributed by atoms with Crippen LogP contribution in [0.4, 0.5) is 0 Å². The minimum atomic E-state index is -0.688. The molecule has 0 fully saturated rings. The van der Waals surface area contributed by atoms with Crippen molar-refractivity contribution in [3.05, 3.63) is 0 Å². The zero-order valence-corrected chi connectivity index (χ0v) is 5.35. The molecule has 0 heterocycles. The molecule has 2 nitrogen and oxygen atoms in total. The van der Waals surface area contributed by atoms with Gasteiger partial charge >= 0.3 is 5.97 Å². The van der Waals surface area contributed by atoms with E-state index in [9.17, 15) is 4.79 Å². The second kappa shape index (κ2) is 3.47. The normalized spacial score (nSPS) is 13.2. The van der Waals surface area contributed by atoms with E-state index in [1.807, 2.05) is 6.92 Å². The molecule has 8 heavy (non-hydrogen) atoms. The number of aliphatic carboxylic acids is 1. The molecule has 0 aromatic rings. The van der Waals surface area contributed by atoms with E-state index < -0.39 is 5.97 Å². The van der Waals surface area contributed by atoms with Crippen LogP contribution in [0, 0.1) is 5.92 Å². The summed E-state index contributed by atoms with van der Waals surface area (Å²) in [5.41, 5.74) is 0. The average Bonchev–Trinajstić information content (AvgIpc) is 1.67. The molecule has 48 valence electrons. The van der Waals surface area contributed by atoms with Crippen molar-refractivity contribution in [1.82, 2.24) is 0 Å². The Morgan fingerprint density at radius 1 is 1.75 bits per heavy atom. The average molecular weight is 117 g/mol. The van der Waals surface area contributed by atoms with Crippen LogP contribution in [0.3, 0.4) is 0 Å². The van der Waals surface area contributed by atoms with Crippen molar-refractivity contribution in [1.29, 1.82) is 0 Å². The van der Waals surface area contributed by atoms with E-state index in [4.69, 9.17) is 5.11 Å². The Morgan fingerprint density at radius 3 is 2.38 bits per heavy atom. The summed E-state index contributed by atoms with van der Waals surface area (Å²) in [5.74, 6) is -0.855. The molecule has 0 aromatic carbocycles. The maximum absolute atomic E-state index is 10.1. The fourth-order valence-electron chi connectivity index (χ4n) is 0.556. The first kappa shape index (κ1) is 7.47. The second-order valence-corrected chi connectivity index (χ2v) is 2.03. The molecule has 0 saturated carbocycles. The predicted molar refractivity (Wildman–Crippen MR) is 31.7 cm³/mol. The summed E-state index contributed by atoms with van der Waals surface area (Å²) < 4.78 is 0. The third-order valence-corrected chi connectivity index (χ3v) is 1.14. The van der Waals surface area contributed by atoms with Crippen LogP contribution >= 0.6 is 0 Å². The summed E-state index contributed by atoms with van der Waals surface area (Å²) in [5, 5.41) is 8.31. The van der Waals surface area contributed by atoms with Gasteiger partial charge in [0, 0.05) is 0 Å². The van der Waals surface area contributed by atoms with Crippen LogP contribution < -0.4 is 0 Å². The lowest BCUT2D eigenvalue weighted by Gasteiger charge is -2.00. The standard InChI is InChI=1S/C6H12O2/c1-3-4-5(2)6(7)8/h5H,3-4H2,1-2H3,(H,7,8)/t5-/m1/s1/i4+1. The van der Waals surface area contributed by atoms with E-state index >= 15 is 0 Å². The molecule has 0 radical (unpaired) electrons. The molecule has 0 unspecified atom stereocenters. The fraction of sp³-hybridized carbons (Fsp3) is 0.833. The highest BCUT2D eigenvalue weighted by molar-refractivity contribution is 5.69. The molecule has 0 saturated heterocycles. The Balaban J connectivity index is 3.32. The van der Waals surface area contributed by atoms with Gasteiger partial charge in [-0.2, -0.15) is 0 Å². The first-order chi connectivity index (χ1) is 3.68. The van der Waals surface area contributed by atoms with Gasteiger partial charge in [-0.25, -0.2) is 0 Å². The highest BCUT2D eigenvalue weighted by Crippen LogP contribution is 2.03. The topological polar surface area (TPSA) is 37.3 Å². The molecule has 2 heteroatoms. The van der Waals surface area contributed by atoms with E-state index in [0.29, 0.717) is 0 Å². The monoisotopic (exact) mass is 117 g/mol. The van der Waals surface area contributed by atoms with Gasteiger partial charge < -0.3 is 5.11 Å². The van der Waals surface area contributed by atoms with Crippen LogP contribution in [0.1, 0.15) is 26.7 Å². The van der Waals surface area contributed by atoms with Gasteiger partial charge in [-0.1, -0.05) is 20.3 Å². The second-order valence-electron chi connectivity index (χ2n) is 2.03. The molecule has 0 aliphatic heterocycles. The van der Waals surface area contributed by atoms with Crippen LogP contribution in [0.2, 0.25) is 0 Å². The first-order valence-corrected chi connectivity index (χ1v) is 2.91. The summed E-state index contributed by atoms with van der Waals surface area (Å²) in [4.78, 5) is 10.1. The molecule has 0 aliphatic rings. The van der Waals surface area contributed by atoms with Gasteiger partial charge in [-0.3, -0.25) is 4.79 Å². The summed E-state index contributed by atoms with van der Waals surface area (Å²) in [6, 6.07) is 0. The molecule has 0 spiro atoms. The molecule has 0 aliphatic carbocycles. The van der Waals surface area contributed by atoms with Gasteiger partial charge in [-0.05, 0) is 6.42 Å². The fourth-order valence-corrected chi connectivity index (χ4v) is 0.556. The molecule has 1 atom stereocenters. The third kappa shape index (κ3) is 2.61. The van der Waals surface area contributed by atoms with Crippen LogP contribution in [0.25, 0.3) is 0 Å². The van der Waals surface area contributed by atoms with E-state index in [1.54, 1.807) is 6.92 Å². The van der Waals surface area contributed by atoms with Gasteiger partial charge in [0.05, 0.1) is 5.92 Å². The smallest absolute Gasteiger partial charge is 0.306 e. The van der Waals surface area contributed by atoms with Gasteiger partial charge in [-0.15, -0.1) is 0 Å². The van der Waals surface area contributed by atoms with E-state index in [1.165, 1.54) is 0 Å². The lowest BCUT2D eigenvalue weighted by molar-refractivity contribution is -0.141. The van der Waals surface area contributed by atoms with Gasteiger partial charge in [0.2, 0.25) is 0 Å². The van der Waals surface area contributed by atoms with Crippen molar-refractivity contribution >= 4 is 5.97 Å². The lowest BCUT2D eigenvalue weighted by Crippen LogP contribution is -2.08. The van der Waals surface area contributed by atoms with E-state index in [2.05, 4.69) is 0 Å². The Hall–Kier alpha value is -0.530. The molecular formula is C6H12O2. The van der Waals surface area contributed by atoms with Crippen LogP contribution in [0.15, 0.2) is 0 Å². The predicted octanol–water partition coefficient (Wildman–Crippen LogP) is 1.51. The third-order valence-electron chi connectivity index (χ3n) is 1.14. The van der Waals surface area contributed by atoms with Crippen molar-refractivity contribution in [2.75, 3.05) is 0 Å². The highest BCUT2D eigenvalue weighted by Gasteiger charge is 2.07. The van der Waals surface area contributed by atoms with E-state index in [-0.39, 0.29) is 5.92 Å². The van der Waals surface area contributed by atoms with Gasteiger partial charge in [0.1, 0.15) is 0 Å². The molecular weight excluding hydrogens is 105 g/mol. The number of carboxylic acid groups (broad SMARTS) is 1. The zero-order chi connectivity index (χ0) is 6.57. The Kier molecular flexibility index (Phi) is 3.24. The lowest BCUT2D eigenvalue weighted by atomic mass is 10.3. The van der Waals surface area contributed by atoms with Crippen molar-refractivity contribution in [2.24, 2.45) is 5.92 Å². The van der Waals surface area contributed by atoms with Gasteiger partial charge in [0.25, 0.3) is 0 Å². The molecule has 0 amide bonds.